The quantitative estimate of drug-likeness (QED) is 0.115. The maximum absolute atomic E-state index is 13.7. The van der Waals surface area contributed by atoms with Crippen molar-refractivity contribution in [3.05, 3.63) is 90.4 Å². The van der Waals surface area contributed by atoms with Gasteiger partial charge in [-0.05, 0) is 90.3 Å². The molecule has 0 heterocycles. The number of aliphatic hydroxyl groups excluding tert-OH is 2. The third-order valence-corrected chi connectivity index (χ3v) is 14.7. The Labute approximate surface area is 420 Å². The minimum atomic E-state index is -2.82. The number of nitrogens with zero attached hydrogens (tertiary/aromatic N) is 2. The Hall–Kier alpha value is -4.58. The number of halogens is 2. The van der Waals surface area contributed by atoms with Gasteiger partial charge >= 0.3 is 37.7 Å². The number of rotatable bonds is 4. The van der Waals surface area contributed by atoms with Crippen LogP contribution in [0.4, 0.5) is 0 Å². The number of hydrogen-bond acceptors (Lipinski definition) is 18. The Morgan fingerprint density at radius 1 is 0.627 bits per heavy atom. The number of carbonyl (C=O) groups is 6. The van der Waals surface area contributed by atoms with Crippen molar-refractivity contribution >= 4 is 107 Å². The fraction of sp³-hybridized carbons (Fsp3) is 0.409. The molecule has 2 fully saturated rings. The van der Waals surface area contributed by atoms with Gasteiger partial charge in [-0.15, -0.1) is 0 Å². The Kier molecular flexibility index (Phi) is 13.0. The maximum Gasteiger partial charge on any atom is 2.00 e. The molecule has 20 nitrogen and oxygen atoms in total. The van der Waals surface area contributed by atoms with E-state index < -0.39 is 161 Å². The molecule has 0 unspecified atom stereocenters. The van der Waals surface area contributed by atoms with E-state index in [1.165, 1.54) is 64.0 Å². The predicted molar refractivity (Wildman–Crippen MR) is 231 cm³/mol. The monoisotopic (exact) mass is 994 g/mol. The zero-order valence-corrected chi connectivity index (χ0v) is 40.3. The molecular weight excluding hydrogens is 951 g/mol. The van der Waals surface area contributed by atoms with Gasteiger partial charge in [0.25, 0.3) is 11.8 Å². The molecule has 0 spiro atoms. The van der Waals surface area contributed by atoms with Gasteiger partial charge in [0.05, 0.1) is 23.3 Å². The number of likely N-dealkylation sites (N-methyl/N-ethyl adjacent to an activating group) is 2. The van der Waals surface area contributed by atoms with Gasteiger partial charge in [-0.25, -0.2) is 0 Å². The number of phenolic OH excluding ortho intramolecular Hbond substituents is 2. The van der Waals surface area contributed by atoms with Crippen LogP contribution in [-0.4, -0.2) is 175 Å². The van der Waals surface area contributed by atoms with E-state index in [9.17, 15) is 79.8 Å². The molecule has 352 valence electrons. The average Bonchev–Trinajstić information content (AvgIpc) is 3.20. The smallest absolute Gasteiger partial charge is 0.872 e. The number of benzene rings is 2. The second kappa shape index (κ2) is 16.8. The van der Waals surface area contributed by atoms with E-state index in [0.29, 0.717) is 0 Å². The molecule has 6 aliphatic carbocycles. The van der Waals surface area contributed by atoms with Crippen LogP contribution in [0.2, 0.25) is 10.0 Å². The fourth-order valence-corrected chi connectivity index (χ4v) is 11.8. The Morgan fingerprint density at radius 3 is 1.19 bits per heavy atom. The Morgan fingerprint density at radius 2 is 0.925 bits per heavy atom. The maximum atomic E-state index is 13.7. The summed E-state index contributed by atoms with van der Waals surface area (Å²) in [6, 6.07) is 2.31. The Balaban J connectivity index is 0.000000218. The number of aliphatic hydroxyl groups is 6. The largest absolute Gasteiger partial charge is 2.00 e. The van der Waals surface area contributed by atoms with Crippen LogP contribution in [0, 0.1) is 23.7 Å². The van der Waals surface area contributed by atoms with E-state index in [0.717, 1.165) is 12.1 Å². The van der Waals surface area contributed by atoms with Gasteiger partial charge in [-0.3, -0.25) is 38.6 Å². The van der Waals surface area contributed by atoms with E-state index in [2.05, 4.69) is 0 Å². The van der Waals surface area contributed by atoms with Crippen LogP contribution >= 0.6 is 23.2 Å². The summed E-state index contributed by atoms with van der Waals surface area (Å²) in [7, 11) is 5.90. The summed E-state index contributed by atoms with van der Waals surface area (Å²) in [5.74, 6) is -17.6. The number of nitrogens with two attached hydrogens (primary N) is 2. The van der Waals surface area contributed by atoms with Crippen LogP contribution in [0.15, 0.2) is 58.1 Å². The van der Waals surface area contributed by atoms with Crippen LogP contribution in [0.25, 0.3) is 11.5 Å². The van der Waals surface area contributed by atoms with Gasteiger partial charge in [-0.1, -0.05) is 34.7 Å². The molecule has 12 N–H and O–H groups in total. The average molecular weight is 996 g/mol. The molecule has 2 aromatic rings. The first-order valence-corrected chi connectivity index (χ1v) is 20.9. The minimum Gasteiger partial charge on any atom is -0.872 e. The fourth-order valence-electron chi connectivity index (χ4n) is 11.1. The van der Waals surface area contributed by atoms with Crippen molar-refractivity contribution in [1.82, 2.24) is 9.80 Å². The molecule has 2 amide bonds. The molecular formula is C44H44CaCl2N4O16. The van der Waals surface area contributed by atoms with Crippen molar-refractivity contribution in [3.63, 3.8) is 0 Å². The molecule has 0 saturated heterocycles. The first kappa shape index (κ1) is 51.8. The number of fused-ring (bicyclic) bond motifs is 6. The standard InChI is InChI=1S/2C22H23ClN2O8.Ca/c2*1-21(32)7-6-8-15(25(2)3)17(28)13(20(24)31)19(30)22(8,33)18(29)11(7)16(27)12-10(26)5-4-9(23)14(12)21;/h2*4-5,7-8,15,26-27,30,32-33H,6H2,1-3H3,(H2,24,31);/q;;+2/p-2/t2*7-,8-,15-,21-,22-;/m00./s1. The minimum absolute atomic E-state index is 0. The van der Waals surface area contributed by atoms with E-state index in [1.807, 2.05) is 0 Å². The normalized spacial score (nSPS) is 33.2. The van der Waals surface area contributed by atoms with Crippen molar-refractivity contribution in [2.45, 2.75) is 61.2 Å². The van der Waals surface area contributed by atoms with Crippen LogP contribution in [0.3, 0.4) is 0 Å². The van der Waals surface area contributed by atoms with Crippen LogP contribution in [-0.2, 0) is 40.0 Å². The molecule has 6 aliphatic rings. The summed E-state index contributed by atoms with van der Waals surface area (Å²) in [6.45, 7) is 2.62. The van der Waals surface area contributed by atoms with Crippen LogP contribution < -0.4 is 21.7 Å². The van der Waals surface area contributed by atoms with E-state index in [1.54, 1.807) is 0 Å². The third kappa shape index (κ3) is 6.89. The second-order valence-corrected chi connectivity index (χ2v) is 18.9. The number of Topliss-reactive ketones (excluding diaryl/α,β-unsaturated/α-hetero) is 4. The summed E-state index contributed by atoms with van der Waals surface area (Å²) >= 11 is 12.5. The molecule has 67 heavy (non-hydrogen) atoms. The van der Waals surface area contributed by atoms with Crippen molar-refractivity contribution in [2.75, 3.05) is 28.2 Å². The number of amides is 2. The summed E-state index contributed by atoms with van der Waals surface area (Å²) in [4.78, 5) is 80.0. The van der Waals surface area contributed by atoms with Gasteiger partial charge in [0, 0.05) is 56.0 Å². The number of ketones is 4. The molecule has 23 heteroatoms. The topological polar surface area (TPSA) is 369 Å². The third-order valence-electron chi connectivity index (χ3n) is 14.1. The van der Waals surface area contributed by atoms with E-state index in [4.69, 9.17) is 34.7 Å². The first-order valence-electron chi connectivity index (χ1n) is 20.1. The zero-order valence-electron chi connectivity index (χ0n) is 36.5. The van der Waals surface area contributed by atoms with Crippen molar-refractivity contribution < 1.29 is 79.8 Å². The molecule has 0 radical (unpaired) electrons. The van der Waals surface area contributed by atoms with Gasteiger partial charge in [0.1, 0.15) is 34.2 Å². The second-order valence-electron chi connectivity index (χ2n) is 18.1. The van der Waals surface area contributed by atoms with E-state index in [-0.39, 0.29) is 71.8 Å². The zero-order chi connectivity index (χ0) is 49.6. The van der Waals surface area contributed by atoms with Crippen LogP contribution in [0.5, 0.6) is 11.5 Å². The molecule has 0 bridgehead atoms. The molecule has 2 aromatic carbocycles. The molecule has 2 saturated carbocycles. The van der Waals surface area contributed by atoms with Gasteiger partial charge in [-0.2, -0.15) is 0 Å². The molecule has 8 rings (SSSR count). The number of aromatic hydroxyl groups is 2. The van der Waals surface area contributed by atoms with Crippen molar-refractivity contribution in [1.29, 1.82) is 0 Å². The summed E-state index contributed by atoms with van der Waals surface area (Å²) in [6.07, 6.45) is -0.598. The molecule has 0 aromatic heterocycles. The summed E-state index contributed by atoms with van der Waals surface area (Å²) in [5, 5.41) is 115. The van der Waals surface area contributed by atoms with Crippen molar-refractivity contribution in [3.8, 4) is 11.5 Å². The summed E-state index contributed by atoms with van der Waals surface area (Å²) < 4.78 is 0. The Bertz CT molecular complexity index is 2600. The van der Waals surface area contributed by atoms with Crippen molar-refractivity contribution in [2.24, 2.45) is 35.1 Å². The number of carbonyl (C=O) groups excluding carboxylic acids is 6. The number of hydrogen-bond donors (Lipinski definition) is 10. The number of primary amides is 2. The van der Waals surface area contributed by atoms with E-state index >= 15 is 0 Å². The van der Waals surface area contributed by atoms with Gasteiger partial charge < -0.3 is 62.5 Å². The van der Waals surface area contributed by atoms with Gasteiger partial charge in [0.15, 0.2) is 34.3 Å². The van der Waals surface area contributed by atoms with Crippen LogP contribution in [0.1, 0.15) is 48.9 Å². The number of phenols is 2. The molecule has 0 aliphatic heterocycles. The molecule has 10 atom stereocenters. The summed E-state index contributed by atoms with van der Waals surface area (Å²) in [5.41, 5.74) is -3.00. The SMILES string of the molecule is CN(C)[C@@H]1C(=O)C(C(N)=O)=C(O)[C@@]2(O)C(=O)C3=C([O-])c4c(O)ccc(Cl)c4[C@@](C)(O)[C@H]3C[C@@H]12.CN(C)[C@@H]1C(=O)C(C(N)=O)=C(O)[C@@]2(O)C(=O)C3=C([O-])c4c(O)ccc(Cl)c4[C@@](C)(O)[C@H]3C[C@@H]12.[Ca+2]. The first-order chi connectivity index (χ1) is 30.4. The predicted octanol–water partition coefficient (Wildman–Crippen LogP) is -2.21. The van der Waals surface area contributed by atoms with Gasteiger partial charge in [0.2, 0.25) is 0 Å².